The zero-order chi connectivity index (χ0) is 15.0. The van der Waals surface area contributed by atoms with E-state index in [0.717, 1.165) is 0 Å². The number of furan rings is 1. The van der Waals surface area contributed by atoms with Crippen LogP contribution >= 0.6 is 27.5 Å². The first kappa shape index (κ1) is 10.3. The van der Waals surface area contributed by atoms with E-state index in [1.165, 1.54) is 6.26 Å². The highest BCUT2D eigenvalue weighted by Crippen LogP contribution is 2.28. The second-order valence-electron chi connectivity index (χ2n) is 3.76. The van der Waals surface area contributed by atoms with Gasteiger partial charge in [-0.15, -0.1) is 0 Å². The molecule has 2 aromatic heterocycles. The van der Waals surface area contributed by atoms with Crippen molar-refractivity contribution in [1.29, 1.82) is 0 Å². The summed E-state index contributed by atoms with van der Waals surface area (Å²) < 4.78 is 27.6. The minimum Gasteiger partial charge on any atom is -0.473 e. The Morgan fingerprint density at radius 2 is 2.21 bits per heavy atom. The molecule has 0 saturated carbocycles. The smallest absolute Gasteiger partial charge is 0.214 e. The number of aromatic nitrogens is 1. The molecular formula is C14H9BrClNO2. The van der Waals surface area contributed by atoms with Crippen LogP contribution in [0.15, 0.2) is 51.7 Å². The molecule has 3 aromatic rings. The van der Waals surface area contributed by atoms with E-state index in [4.69, 9.17) is 23.5 Å². The van der Waals surface area contributed by atoms with Gasteiger partial charge in [0.05, 0.1) is 14.0 Å². The number of benzene rings is 1. The van der Waals surface area contributed by atoms with Gasteiger partial charge in [0, 0.05) is 17.0 Å². The van der Waals surface area contributed by atoms with Gasteiger partial charge in [-0.2, -0.15) is 0 Å². The quantitative estimate of drug-likeness (QED) is 0.641. The number of hydrogen-bond donors (Lipinski definition) is 0. The second kappa shape index (κ2) is 5.23. The maximum Gasteiger partial charge on any atom is 0.214 e. The van der Waals surface area contributed by atoms with Crippen molar-refractivity contribution in [2.45, 2.75) is 6.56 Å². The summed E-state index contributed by atoms with van der Waals surface area (Å²) >= 11 is 9.28. The summed E-state index contributed by atoms with van der Waals surface area (Å²) in [7, 11) is 0. The Morgan fingerprint density at radius 3 is 3.05 bits per heavy atom. The molecule has 3 rings (SSSR count). The van der Waals surface area contributed by atoms with Crippen molar-refractivity contribution in [3.8, 4) is 5.88 Å². The second-order valence-corrected chi connectivity index (χ2v) is 4.98. The fraction of sp³-hybridized carbons (Fsp3) is 0.0714. The highest BCUT2D eigenvalue weighted by molar-refractivity contribution is 9.10. The standard InChI is InChI=1S/C14H9BrClNO2/c15-12-2-1-3-13(17-12)19-8-9-4-5-11(16)10-6-7-18-14(9)10/h1-7H,8H2/i8D2. The normalized spacial score (nSPS) is 13.2. The number of halogens is 2. The Labute approximate surface area is 126 Å². The van der Waals surface area contributed by atoms with Gasteiger partial charge in [0.15, 0.2) is 0 Å². The first-order valence-electron chi connectivity index (χ1n) is 6.45. The predicted molar refractivity (Wildman–Crippen MR) is 77.5 cm³/mol. The van der Waals surface area contributed by atoms with E-state index in [2.05, 4.69) is 20.9 Å². The van der Waals surface area contributed by atoms with Crippen LogP contribution in [0.3, 0.4) is 0 Å². The third-order valence-corrected chi connectivity index (χ3v) is 3.29. The van der Waals surface area contributed by atoms with Crippen molar-refractivity contribution in [1.82, 2.24) is 4.98 Å². The van der Waals surface area contributed by atoms with Gasteiger partial charge in [0.25, 0.3) is 0 Å². The molecule has 0 amide bonds. The van der Waals surface area contributed by atoms with Gasteiger partial charge in [0.2, 0.25) is 5.88 Å². The molecule has 0 spiro atoms. The highest BCUT2D eigenvalue weighted by atomic mass is 79.9. The Morgan fingerprint density at radius 1 is 1.32 bits per heavy atom. The maximum atomic E-state index is 8.15. The molecule has 0 N–H and O–H groups in total. The Balaban J connectivity index is 2.04. The Bertz CT molecular complexity index is 807. The van der Waals surface area contributed by atoms with E-state index in [9.17, 15) is 0 Å². The lowest BCUT2D eigenvalue weighted by atomic mass is 10.1. The monoisotopic (exact) mass is 339 g/mol. The van der Waals surface area contributed by atoms with Crippen LogP contribution in [0.1, 0.15) is 8.30 Å². The van der Waals surface area contributed by atoms with E-state index >= 15 is 0 Å². The van der Waals surface area contributed by atoms with Crippen LogP contribution in [0.2, 0.25) is 5.02 Å². The van der Waals surface area contributed by atoms with Crippen LogP contribution < -0.4 is 4.74 Å². The van der Waals surface area contributed by atoms with E-state index in [1.807, 2.05) is 0 Å². The number of pyridine rings is 1. The molecule has 0 saturated heterocycles. The lowest BCUT2D eigenvalue weighted by Gasteiger charge is -2.06. The molecule has 0 bridgehead atoms. The van der Waals surface area contributed by atoms with Crippen LogP contribution in [-0.4, -0.2) is 4.98 Å². The molecular weight excluding hydrogens is 330 g/mol. The van der Waals surface area contributed by atoms with Gasteiger partial charge in [-0.25, -0.2) is 4.98 Å². The van der Waals surface area contributed by atoms with Gasteiger partial charge in [-0.05, 0) is 34.1 Å². The molecule has 0 aliphatic heterocycles. The van der Waals surface area contributed by atoms with Crippen molar-refractivity contribution in [3.63, 3.8) is 0 Å². The fourth-order valence-electron chi connectivity index (χ4n) is 1.66. The van der Waals surface area contributed by atoms with Crippen LogP contribution in [0.5, 0.6) is 5.88 Å². The molecule has 5 heteroatoms. The van der Waals surface area contributed by atoms with Gasteiger partial charge in [-0.1, -0.05) is 23.7 Å². The van der Waals surface area contributed by atoms with E-state index in [-0.39, 0.29) is 11.4 Å². The van der Waals surface area contributed by atoms with E-state index in [0.29, 0.717) is 20.6 Å². The lowest BCUT2D eigenvalue weighted by molar-refractivity contribution is 0.293. The summed E-state index contributed by atoms with van der Waals surface area (Å²) in [5.41, 5.74) is 0.621. The molecule has 2 heterocycles. The van der Waals surface area contributed by atoms with Crippen molar-refractivity contribution in [3.05, 3.63) is 57.9 Å². The van der Waals surface area contributed by atoms with Crippen molar-refractivity contribution < 1.29 is 11.9 Å². The Kier molecular flexibility index (Phi) is 2.83. The number of fused-ring (bicyclic) bond motifs is 1. The molecule has 96 valence electrons. The summed E-state index contributed by atoms with van der Waals surface area (Å²) in [6.45, 7) is -2.10. The first-order chi connectivity index (χ1) is 9.97. The SMILES string of the molecule is [2H]C([2H])(Oc1cccc(Br)n1)c1ccc(Cl)c2ccoc12. The molecule has 0 aliphatic carbocycles. The van der Waals surface area contributed by atoms with Gasteiger partial charge >= 0.3 is 0 Å². The van der Waals surface area contributed by atoms with Gasteiger partial charge < -0.3 is 9.15 Å². The average Bonchev–Trinajstić information content (AvgIpc) is 2.88. The summed E-state index contributed by atoms with van der Waals surface area (Å²) in [6.07, 6.45) is 1.47. The van der Waals surface area contributed by atoms with Crippen LogP contribution in [0, 0.1) is 0 Å². The molecule has 19 heavy (non-hydrogen) atoms. The number of ether oxygens (including phenoxy) is 1. The average molecular weight is 341 g/mol. The zero-order valence-corrected chi connectivity index (χ0v) is 11.9. The van der Waals surface area contributed by atoms with Gasteiger partial charge in [0.1, 0.15) is 16.7 Å². The molecule has 0 fully saturated rings. The van der Waals surface area contributed by atoms with Crippen LogP contribution in [0.25, 0.3) is 11.0 Å². The molecule has 0 unspecified atom stereocenters. The topological polar surface area (TPSA) is 35.3 Å². The van der Waals surface area contributed by atoms with Crippen LogP contribution in [0.4, 0.5) is 0 Å². The van der Waals surface area contributed by atoms with Gasteiger partial charge in [-0.3, -0.25) is 0 Å². The van der Waals surface area contributed by atoms with Crippen molar-refractivity contribution in [2.24, 2.45) is 0 Å². The molecule has 0 aliphatic rings. The zero-order valence-electron chi connectivity index (χ0n) is 11.6. The first-order valence-corrected chi connectivity index (χ1v) is 6.62. The molecule has 0 atom stereocenters. The largest absolute Gasteiger partial charge is 0.473 e. The third-order valence-electron chi connectivity index (χ3n) is 2.52. The summed E-state index contributed by atoms with van der Waals surface area (Å²) in [5, 5.41) is 1.14. The summed E-state index contributed by atoms with van der Waals surface area (Å²) in [5.74, 6) is 0.170. The number of rotatable bonds is 3. The highest BCUT2D eigenvalue weighted by Gasteiger charge is 2.08. The fourth-order valence-corrected chi connectivity index (χ4v) is 2.20. The summed E-state index contributed by atoms with van der Waals surface area (Å²) in [4.78, 5) is 4.07. The number of hydrogen-bond acceptors (Lipinski definition) is 3. The van der Waals surface area contributed by atoms with Crippen LogP contribution in [-0.2, 0) is 6.56 Å². The third kappa shape index (κ3) is 2.60. The minimum atomic E-state index is -2.10. The van der Waals surface area contributed by atoms with E-state index in [1.54, 1.807) is 36.4 Å². The Hall–Kier alpha value is -1.52. The van der Waals surface area contributed by atoms with Crippen molar-refractivity contribution in [2.75, 3.05) is 0 Å². The predicted octanol–water partition coefficient (Wildman–Crippen LogP) is 4.82. The minimum absolute atomic E-state index is 0.170. The van der Waals surface area contributed by atoms with E-state index < -0.39 is 6.56 Å². The molecule has 1 aromatic carbocycles. The number of nitrogens with zero attached hydrogens (tertiary/aromatic N) is 1. The summed E-state index contributed by atoms with van der Waals surface area (Å²) in [6, 6.07) is 9.88. The van der Waals surface area contributed by atoms with Crippen molar-refractivity contribution >= 4 is 38.5 Å². The maximum absolute atomic E-state index is 8.15. The molecule has 3 nitrogen and oxygen atoms in total. The molecule has 0 radical (unpaired) electrons. The lowest BCUT2D eigenvalue weighted by Crippen LogP contribution is -1.97.